The second-order valence-electron chi connectivity index (χ2n) is 18.6. The van der Waals surface area contributed by atoms with Crippen LogP contribution in [0.25, 0.3) is 11.0 Å². The molecule has 22 nitrogen and oxygen atoms in total. The molecule has 0 bridgehead atoms. The number of nitrogens with zero attached hydrogens (tertiary/aromatic N) is 6. The van der Waals surface area contributed by atoms with Gasteiger partial charge in [-0.2, -0.15) is 0 Å². The quantitative estimate of drug-likeness (QED) is 0.0424. The number of fused-ring (bicyclic) bond motifs is 2. The van der Waals surface area contributed by atoms with Gasteiger partial charge in [0, 0.05) is 75.7 Å². The van der Waals surface area contributed by atoms with Crippen LogP contribution in [-0.4, -0.2) is 195 Å². The highest BCUT2D eigenvalue weighted by atomic mass is 35.5. The Morgan fingerprint density at radius 1 is 0.797 bits per heavy atom. The van der Waals surface area contributed by atoms with E-state index in [0.29, 0.717) is 135 Å². The number of piperazine rings is 1. The number of amides is 6. The van der Waals surface area contributed by atoms with E-state index in [9.17, 15) is 28.8 Å². The Bertz CT molecular complexity index is 2570. The van der Waals surface area contributed by atoms with Crippen molar-refractivity contribution in [3.63, 3.8) is 0 Å². The van der Waals surface area contributed by atoms with Crippen LogP contribution in [0.5, 0.6) is 0 Å². The smallest absolute Gasteiger partial charge is 0.264 e. The number of nitrogens with two attached hydrogens (primary N) is 1. The molecule has 23 heteroatoms. The zero-order valence-electron chi connectivity index (χ0n) is 41.5. The lowest BCUT2D eigenvalue weighted by Gasteiger charge is -2.39. The molecule has 0 spiro atoms. The van der Waals surface area contributed by atoms with Crippen molar-refractivity contribution >= 4 is 69.6 Å². The minimum Gasteiger partial charge on any atom is -0.382 e. The van der Waals surface area contributed by atoms with Crippen LogP contribution in [0.2, 0.25) is 5.02 Å². The molecule has 2 aromatic carbocycles. The number of benzene rings is 2. The van der Waals surface area contributed by atoms with Crippen LogP contribution in [0.15, 0.2) is 61.1 Å². The van der Waals surface area contributed by atoms with Crippen molar-refractivity contribution in [3.8, 4) is 0 Å². The van der Waals surface area contributed by atoms with Gasteiger partial charge in [-0.3, -0.25) is 43.9 Å². The number of aromatic amines is 1. The molecule has 4 aliphatic rings. The van der Waals surface area contributed by atoms with Crippen molar-refractivity contribution in [1.29, 1.82) is 0 Å². The molecule has 0 radical (unpaired) electrons. The first-order chi connectivity index (χ1) is 36.0. The Labute approximate surface area is 434 Å². The van der Waals surface area contributed by atoms with Gasteiger partial charge < -0.3 is 54.8 Å². The van der Waals surface area contributed by atoms with E-state index in [1.54, 1.807) is 24.5 Å². The molecule has 0 aliphatic carbocycles. The lowest BCUT2D eigenvalue weighted by Crippen LogP contribution is -2.60. The fourth-order valence-electron chi connectivity index (χ4n) is 9.53. The fourth-order valence-corrected chi connectivity index (χ4v) is 9.65. The molecule has 6 amide bonds. The second kappa shape index (κ2) is 26.4. The van der Waals surface area contributed by atoms with Crippen molar-refractivity contribution in [3.05, 3.63) is 82.8 Å². The number of H-pyrrole nitrogens is 1. The highest BCUT2D eigenvalue weighted by Crippen LogP contribution is 2.33. The van der Waals surface area contributed by atoms with Crippen LogP contribution in [0, 0.1) is 0 Å². The molecular formula is C51H66ClN11O11. The molecule has 74 heavy (non-hydrogen) atoms. The summed E-state index contributed by atoms with van der Waals surface area (Å²) in [5.41, 5.74) is 8.40. The monoisotopic (exact) mass is 1040 g/mol. The van der Waals surface area contributed by atoms with Gasteiger partial charge in [-0.05, 0) is 61.6 Å². The number of halogens is 1. The number of carbonyl (C=O) groups is 6. The van der Waals surface area contributed by atoms with E-state index >= 15 is 0 Å². The zero-order chi connectivity index (χ0) is 51.9. The van der Waals surface area contributed by atoms with Crippen LogP contribution < -0.4 is 26.6 Å². The van der Waals surface area contributed by atoms with Gasteiger partial charge in [0.15, 0.2) is 0 Å². The topological polar surface area (TPSA) is 265 Å². The average molecular weight is 1040 g/mol. The second-order valence-corrected chi connectivity index (χ2v) is 19.0. The Morgan fingerprint density at radius 2 is 1.46 bits per heavy atom. The van der Waals surface area contributed by atoms with Gasteiger partial charge in [0.1, 0.15) is 23.8 Å². The number of ether oxygens (including phenoxy) is 5. The molecule has 2 unspecified atom stereocenters. The minimum atomic E-state index is -1.03. The number of rotatable bonds is 27. The number of hydrogen-bond donors (Lipinski definition) is 5. The van der Waals surface area contributed by atoms with Gasteiger partial charge in [0.25, 0.3) is 11.8 Å². The van der Waals surface area contributed by atoms with Gasteiger partial charge in [-0.1, -0.05) is 29.8 Å². The van der Waals surface area contributed by atoms with Gasteiger partial charge in [-0.25, -0.2) is 9.97 Å². The van der Waals surface area contributed by atoms with E-state index in [0.717, 1.165) is 46.9 Å². The highest BCUT2D eigenvalue weighted by molar-refractivity contribution is 6.30. The molecule has 2 aromatic heterocycles. The average Bonchev–Trinajstić information content (AvgIpc) is 3.99. The highest BCUT2D eigenvalue weighted by Gasteiger charge is 2.46. The summed E-state index contributed by atoms with van der Waals surface area (Å²) >= 11 is 6.23. The van der Waals surface area contributed by atoms with Gasteiger partial charge >= 0.3 is 0 Å². The number of imide groups is 2. The van der Waals surface area contributed by atoms with E-state index in [1.807, 2.05) is 41.4 Å². The van der Waals surface area contributed by atoms with E-state index < -0.39 is 35.2 Å². The lowest BCUT2D eigenvalue weighted by molar-refractivity contribution is -0.136. The first-order valence-corrected chi connectivity index (χ1v) is 25.7. The van der Waals surface area contributed by atoms with Crippen molar-refractivity contribution in [2.75, 3.05) is 129 Å². The Morgan fingerprint density at radius 3 is 2.14 bits per heavy atom. The summed E-state index contributed by atoms with van der Waals surface area (Å²) in [7, 11) is 0. The van der Waals surface area contributed by atoms with E-state index in [-0.39, 0.29) is 41.8 Å². The van der Waals surface area contributed by atoms with Gasteiger partial charge in [0.05, 0.1) is 101 Å². The molecular weight excluding hydrogens is 978 g/mol. The maximum Gasteiger partial charge on any atom is 0.264 e. The Hall–Kier alpha value is -6.11. The summed E-state index contributed by atoms with van der Waals surface area (Å²) in [5, 5.41) is 10.2. The summed E-state index contributed by atoms with van der Waals surface area (Å²) in [6.07, 6.45) is 5.45. The molecule has 6 N–H and O–H groups in total. The predicted octanol–water partition coefficient (Wildman–Crippen LogP) is 2.29. The number of aromatic nitrogens is 3. The fraction of sp³-hybridized carbons (Fsp3) is 0.529. The first kappa shape index (κ1) is 54.2. The third-order valence-electron chi connectivity index (χ3n) is 13.8. The van der Waals surface area contributed by atoms with Crippen molar-refractivity contribution < 1.29 is 52.5 Å². The van der Waals surface area contributed by atoms with E-state index in [4.69, 9.17) is 41.0 Å². The van der Waals surface area contributed by atoms with E-state index in [2.05, 4.69) is 40.7 Å². The maximum absolute atomic E-state index is 13.9. The standard InChI is InChI=1S/C51H66ClN11O11/c52-36-6-4-35(5-7-36)39(58-50(69)51(53)13-18-62(19-14-51)46-38-10-15-55-45(38)56-34-57-46)11-17-60-20-22-61(23-21-60)43(65)12-24-70-26-28-72-30-32-74-33-31-73-29-27-71-25-16-54-40-3-1-2-37-44(40)49(68)63(48(37)67)41-8-9-42(64)59-47(41)66/h1-7,10,15,34,39,41,54H,8-9,11-14,16-33,53H2,(H,58,69)(H,55,56,57)(H,59,64,66). The molecule has 8 rings (SSSR count). The molecule has 4 aliphatic heterocycles. The molecule has 3 saturated heterocycles. The van der Waals surface area contributed by atoms with Crippen LogP contribution in [0.1, 0.15) is 70.8 Å². The minimum absolute atomic E-state index is 0.0544. The summed E-state index contributed by atoms with van der Waals surface area (Å²) < 4.78 is 28.0. The van der Waals surface area contributed by atoms with Crippen LogP contribution in [-0.2, 0) is 42.9 Å². The summed E-state index contributed by atoms with van der Waals surface area (Å²) in [5.74, 6) is -1.49. The largest absolute Gasteiger partial charge is 0.382 e. The molecule has 2 atom stereocenters. The zero-order valence-corrected chi connectivity index (χ0v) is 42.3. The molecule has 0 saturated carbocycles. The SMILES string of the molecule is NC1(C(=O)NC(CCN2CCN(C(=O)CCOCCOCCOCCOCCOCCNc3cccc4c3C(=O)N(C3CCC(=O)NC3=O)C4=O)CC2)c2ccc(Cl)cc2)CCN(c2ncnc3[nH]ccc23)CC1. The number of piperidine rings is 2. The van der Waals surface area contributed by atoms with Gasteiger partial charge in [0.2, 0.25) is 23.6 Å². The predicted molar refractivity (Wildman–Crippen MR) is 273 cm³/mol. The van der Waals surface area contributed by atoms with Crippen LogP contribution >= 0.6 is 11.6 Å². The van der Waals surface area contributed by atoms with E-state index in [1.165, 1.54) is 0 Å². The third kappa shape index (κ3) is 14.0. The summed E-state index contributed by atoms with van der Waals surface area (Å²) in [4.78, 5) is 96.3. The van der Waals surface area contributed by atoms with Crippen LogP contribution in [0.3, 0.4) is 0 Å². The molecule has 398 valence electrons. The number of hydrogen-bond acceptors (Lipinski definition) is 17. The van der Waals surface area contributed by atoms with Crippen molar-refractivity contribution in [2.24, 2.45) is 5.73 Å². The maximum atomic E-state index is 13.9. The summed E-state index contributed by atoms with van der Waals surface area (Å²) in [6.45, 7) is 8.61. The summed E-state index contributed by atoms with van der Waals surface area (Å²) in [6, 6.07) is 13.1. The Kier molecular flexibility index (Phi) is 19.3. The lowest BCUT2D eigenvalue weighted by atomic mass is 9.87. The third-order valence-corrected chi connectivity index (χ3v) is 14.0. The molecule has 6 heterocycles. The van der Waals surface area contributed by atoms with Gasteiger partial charge in [-0.15, -0.1) is 0 Å². The van der Waals surface area contributed by atoms with Crippen molar-refractivity contribution in [2.45, 2.75) is 56.1 Å². The van der Waals surface area contributed by atoms with Crippen LogP contribution in [0.4, 0.5) is 11.5 Å². The number of nitrogens with one attached hydrogen (secondary N) is 4. The number of anilines is 2. The first-order valence-electron chi connectivity index (χ1n) is 25.3. The normalized spacial score (nSPS) is 18.5. The molecule has 4 aromatic rings. The van der Waals surface area contributed by atoms with Crippen molar-refractivity contribution in [1.82, 2.24) is 40.3 Å². The number of carbonyl (C=O) groups excluding carboxylic acids is 6. The Balaban J connectivity index is 0.618. The molecule has 3 fully saturated rings.